The lowest BCUT2D eigenvalue weighted by Gasteiger charge is -2.31. The van der Waals surface area contributed by atoms with E-state index in [1.165, 1.54) is 12.1 Å². The molecule has 1 saturated heterocycles. The molecule has 1 aromatic heterocycles. The minimum absolute atomic E-state index is 0.00292. The third kappa shape index (κ3) is 3.24. The first-order valence-electron chi connectivity index (χ1n) is 7.82. The van der Waals surface area contributed by atoms with Crippen LogP contribution in [0.5, 0.6) is 0 Å². The Morgan fingerprint density at radius 2 is 1.96 bits per heavy atom. The van der Waals surface area contributed by atoms with Gasteiger partial charge in [-0.1, -0.05) is 6.92 Å². The molecule has 1 aromatic carbocycles. The van der Waals surface area contributed by atoms with E-state index in [0.29, 0.717) is 25.3 Å². The lowest BCUT2D eigenvalue weighted by Crippen LogP contribution is -2.40. The van der Waals surface area contributed by atoms with E-state index in [-0.39, 0.29) is 17.4 Å². The summed E-state index contributed by atoms with van der Waals surface area (Å²) in [6.45, 7) is 5.12. The van der Waals surface area contributed by atoms with Crippen LogP contribution in [0.3, 0.4) is 0 Å². The molecular weight excluding hydrogens is 308 g/mol. The average molecular weight is 326 g/mol. The normalized spacial score (nSPS) is 17.8. The number of nitro benzene ring substituents is 1. The van der Waals surface area contributed by atoms with Crippen LogP contribution in [0.2, 0.25) is 0 Å². The number of non-ortho nitro benzene ring substituents is 1. The van der Waals surface area contributed by atoms with Crippen LogP contribution in [0.4, 0.5) is 11.5 Å². The molecule has 2 heterocycles. The van der Waals surface area contributed by atoms with E-state index in [9.17, 15) is 14.9 Å². The molecule has 0 amide bonds. The van der Waals surface area contributed by atoms with Crippen LogP contribution >= 0.6 is 0 Å². The number of anilines is 1. The maximum Gasteiger partial charge on any atom is 0.269 e. The number of nitrogens with zero attached hydrogens (tertiary/aromatic N) is 4. The number of piperidine rings is 1. The van der Waals surface area contributed by atoms with Crippen LogP contribution in [0, 0.1) is 23.0 Å². The van der Waals surface area contributed by atoms with Crippen molar-refractivity contribution in [3.05, 3.63) is 46.1 Å². The van der Waals surface area contributed by atoms with Crippen molar-refractivity contribution in [1.29, 1.82) is 0 Å². The summed E-state index contributed by atoms with van der Waals surface area (Å²) in [6.07, 6.45) is 0.525. The van der Waals surface area contributed by atoms with Gasteiger partial charge in [-0.15, -0.1) is 0 Å². The fourth-order valence-electron chi connectivity index (χ4n) is 2.80. The number of hydrogen-bond acceptors (Lipinski definition) is 6. The third-order valence-electron chi connectivity index (χ3n) is 4.17. The molecular formula is C17H18N4O3. The predicted octanol–water partition coefficient (Wildman–Crippen LogP) is 2.78. The Labute approximate surface area is 139 Å². The molecule has 0 spiro atoms. The molecule has 0 saturated carbocycles. The van der Waals surface area contributed by atoms with Gasteiger partial charge in [-0.3, -0.25) is 14.9 Å². The van der Waals surface area contributed by atoms with Crippen molar-refractivity contribution in [3.63, 3.8) is 0 Å². The lowest BCUT2D eigenvalue weighted by molar-refractivity contribution is -0.384. The van der Waals surface area contributed by atoms with Crippen molar-refractivity contribution in [2.24, 2.45) is 5.92 Å². The van der Waals surface area contributed by atoms with Crippen LogP contribution in [0.25, 0.3) is 11.4 Å². The molecule has 0 N–H and O–H groups in total. The zero-order valence-corrected chi connectivity index (χ0v) is 13.6. The number of aryl methyl sites for hydroxylation is 1. The Morgan fingerprint density at radius 1 is 1.25 bits per heavy atom. The maximum atomic E-state index is 11.7. The molecule has 124 valence electrons. The molecule has 1 unspecified atom stereocenters. The van der Waals surface area contributed by atoms with Gasteiger partial charge in [0.15, 0.2) is 5.82 Å². The topological polar surface area (TPSA) is 89.2 Å². The molecule has 24 heavy (non-hydrogen) atoms. The van der Waals surface area contributed by atoms with Crippen molar-refractivity contribution in [2.75, 3.05) is 18.0 Å². The van der Waals surface area contributed by atoms with Gasteiger partial charge in [0.2, 0.25) is 0 Å². The second kappa shape index (κ2) is 6.35. The third-order valence-corrected chi connectivity index (χ3v) is 4.17. The number of carbonyl (C=O) groups excluding carboxylic acids is 1. The first kappa shape index (κ1) is 16.0. The summed E-state index contributed by atoms with van der Waals surface area (Å²) < 4.78 is 0. The quantitative estimate of drug-likeness (QED) is 0.636. The van der Waals surface area contributed by atoms with Gasteiger partial charge in [-0.25, -0.2) is 9.97 Å². The first-order chi connectivity index (χ1) is 11.4. The minimum Gasteiger partial charge on any atom is -0.355 e. The van der Waals surface area contributed by atoms with Crippen molar-refractivity contribution in [2.45, 2.75) is 20.3 Å². The number of benzene rings is 1. The highest BCUT2D eigenvalue weighted by Crippen LogP contribution is 2.24. The van der Waals surface area contributed by atoms with E-state index in [1.54, 1.807) is 12.1 Å². The summed E-state index contributed by atoms with van der Waals surface area (Å²) in [7, 11) is 0. The predicted molar refractivity (Wildman–Crippen MR) is 89.9 cm³/mol. The summed E-state index contributed by atoms with van der Waals surface area (Å²) in [6, 6.07) is 8.10. The van der Waals surface area contributed by atoms with E-state index in [2.05, 4.69) is 14.9 Å². The fourth-order valence-corrected chi connectivity index (χ4v) is 2.80. The van der Waals surface area contributed by atoms with Gasteiger partial charge in [-0.05, 0) is 19.1 Å². The number of nitro groups is 1. The second-order valence-corrected chi connectivity index (χ2v) is 6.06. The molecule has 1 atom stereocenters. The standard InChI is InChI=1S/C17H18N4O3/c1-11-10-20(8-7-15(11)22)16-9-12(2)18-17(19-16)13-3-5-14(6-4-13)21(23)24/h3-6,9,11H,7-8,10H2,1-2H3. The molecule has 7 nitrogen and oxygen atoms in total. The Kier molecular flexibility index (Phi) is 4.24. The van der Waals surface area contributed by atoms with E-state index in [4.69, 9.17) is 0 Å². The molecule has 2 aromatic rings. The van der Waals surface area contributed by atoms with Gasteiger partial charge < -0.3 is 4.90 Å². The van der Waals surface area contributed by atoms with Crippen LogP contribution in [-0.4, -0.2) is 33.8 Å². The molecule has 1 aliphatic rings. The summed E-state index contributed by atoms with van der Waals surface area (Å²) in [5.41, 5.74) is 1.58. The number of rotatable bonds is 3. The average Bonchev–Trinajstić information content (AvgIpc) is 2.57. The van der Waals surface area contributed by atoms with Gasteiger partial charge in [0.05, 0.1) is 4.92 Å². The number of aromatic nitrogens is 2. The van der Waals surface area contributed by atoms with Gasteiger partial charge >= 0.3 is 0 Å². The van der Waals surface area contributed by atoms with Gasteiger partial charge in [0, 0.05) is 54.9 Å². The molecule has 0 radical (unpaired) electrons. The smallest absolute Gasteiger partial charge is 0.269 e. The number of carbonyl (C=O) groups is 1. The summed E-state index contributed by atoms with van der Waals surface area (Å²) in [5, 5.41) is 10.8. The number of ketones is 1. The van der Waals surface area contributed by atoms with Crippen molar-refractivity contribution in [1.82, 2.24) is 9.97 Å². The summed E-state index contributed by atoms with van der Waals surface area (Å²) >= 11 is 0. The molecule has 1 fully saturated rings. The highest BCUT2D eigenvalue weighted by atomic mass is 16.6. The second-order valence-electron chi connectivity index (χ2n) is 6.06. The van der Waals surface area contributed by atoms with Crippen molar-refractivity contribution in [3.8, 4) is 11.4 Å². The molecule has 0 aliphatic carbocycles. The van der Waals surface area contributed by atoms with E-state index < -0.39 is 4.92 Å². The Hall–Kier alpha value is -2.83. The minimum atomic E-state index is -0.432. The maximum absolute atomic E-state index is 11.7. The Balaban J connectivity index is 1.91. The van der Waals surface area contributed by atoms with Crippen molar-refractivity contribution < 1.29 is 9.72 Å². The van der Waals surface area contributed by atoms with Gasteiger partial charge in [0.25, 0.3) is 5.69 Å². The molecule has 0 bridgehead atoms. The largest absolute Gasteiger partial charge is 0.355 e. The molecule has 7 heteroatoms. The highest BCUT2D eigenvalue weighted by Gasteiger charge is 2.24. The summed E-state index contributed by atoms with van der Waals surface area (Å²) in [5.74, 6) is 1.60. The first-order valence-corrected chi connectivity index (χ1v) is 7.82. The summed E-state index contributed by atoms with van der Waals surface area (Å²) in [4.78, 5) is 33.1. The molecule has 3 rings (SSSR count). The Bertz CT molecular complexity index is 789. The SMILES string of the molecule is Cc1cc(N2CCC(=O)C(C)C2)nc(-c2ccc([N+](=O)[O-])cc2)n1. The Morgan fingerprint density at radius 3 is 2.58 bits per heavy atom. The number of hydrogen-bond donors (Lipinski definition) is 0. The van der Waals surface area contributed by atoms with Gasteiger partial charge in [0.1, 0.15) is 11.6 Å². The van der Waals surface area contributed by atoms with Crippen LogP contribution < -0.4 is 4.90 Å². The van der Waals surface area contributed by atoms with E-state index in [0.717, 1.165) is 17.1 Å². The monoisotopic (exact) mass is 326 g/mol. The zero-order chi connectivity index (χ0) is 17.3. The van der Waals surface area contributed by atoms with Crippen molar-refractivity contribution >= 4 is 17.3 Å². The fraction of sp³-hybridized carbons (Fsp3) is 0.353. The highest BCUT2D eigenvalue weighted by molar-refractivity contribution is 5.83. The van der Waals surface area contributed by atoms with Gasteiger partial charge in [-0.2, -0.15) is 0 Å². The van der Waals surface area contributed by atoms with Crippen LogP contribution in [0.15, 0.2) is 30.3 Å². The lowest BCUT2D eigenvalue weighted by atomic mass is 9.99. The van der Waals surface area contributed by atoms with E-state index >= 15 is 0 Å². The van der Waals surface area contributed by atoms with E-state index in [1.807, 2.05) is 19.9 Å². The molecule has 1 aliphatic heterocycles. The zero-order valence-electron chi connectivity index (χ0n) is 13.6. The number of Topliss-reactive ketones (excluding diaryl/α,β-unsaturated/α-hetero) is 1. The van der Waals surface area contributed by atoms with Crippen LogP contribution in [0.1, 0.15) is 19.0 Å². The van der Waals surface area contributed by atoms with Crippen LogP contribution in [-0.2, 0) is 4.79 Å².